The first-order chi connectivity index (χ1) is 8.91. The summed E-state index contributed by atoms with van der Waals surface area (Å²) < 4.78 is 0. The zero-order valence-corrected chi connectivity index (χ0v) is 12.3. The van der Waals surface area contributed by atoms with Gasteiger partial charge in [0.05, 0.1) is 15.1 Å². The smallest absolute Gasteiger partial charge is 0.194 e. The van der Waals surface area contributed by atoms with Crippen LogP contribution < -0.4 is 0 Å². The number of halogens is 4. The monoisotopic (exact) mass is 334 g/mol. The summed E-state index contributed by atoms with van der Waals surface area (Å²) in [5.74, 6) is -0.539. The van der Waals surface area contributed by atoms with E-state index in [1.165, 1.54) is 30.3 Å². The Morgan fingerprint density at radius 2 is 1.58 bits per heavy atom. The molecule has 2 aromatic carbocycles. The number of benzene rings is 2. The van der Waals surface area contributed by atoms with Crippen LogP contribution >= 0.6 is 46.4 Å². The van der Waals surface area contributed by atoms with Gasteiger partial charge in [0.2, 0.25) is 0 Å². The molecule has 0 radical (unpaired) electrons. The van der Waals surface area contributed by atoms with Gasteiger partial charge in [-0.05, 0) is 30.3 Å². The van der Waals surface area contributed by atoms with Gasteiger partial charge in [-0.25, -0.2) is 0 Å². The fourth-order valence-corrected chi connectivity index (χ4v) is 2.22. The normalized spacial score (nSPS) is 10.5. The van der Waals surface area contributed by atoms with E-state index in [0.717, 1.165) is 0 Å². The number of hydrogen-bond acceptors (Lipinski definition) is 2. The van der Waals surface area contributed by atoms with Crippen molar-refractivity contribution in [2.45, 2.75) is 0 Å². The molecule has 2 aromatic rings. The maximum absolute atomic E-state index is 12.3. The molecular formula is C13H6Cl4O2. The van der Waals surface area contributed by atoms with Gasteiger partial charge in [0.15, 0.2) is 5.78 Å². The molecule has 0 atom stereocenters. The van der Waals surface area contributed by atoms with Crippen LogP contribution in [0.1, 0.15) is 15.9 Å². The lowest BCUT2D eigenvalue weighted by atomic mass is 10.0. The minimum Gasteiger partial charge on any atom is -0.506 e. The van der Waals surface area contributed by atoms with Gasteiger partial charge in [-0.2, -0.15) is 0 Å². The van der Waals surface area contributed by atoms with E-state index in [9.17, 15) is 9.90 Å². The second-order valence-electron chi connectivity index (χ2n) is 3.72. The molecule has 0 heterocycles. The second kappa shape index (κ2) is 5.59. The van der Waals surface area contributed by atoms with Crippen molar-refractivity contribution >= 4 is 52.2 Å². The average Bonchev–Trinajstić information content (AvgIpc) is 2.39. The number of aromatic hydroxyl groups is 1. The van der Waals surface area contributed by atoms with Crippen LogP contribution in [0.2, 0.25) is 20.1 Å². The van der Waals surface area contributed by atoms with Crippen molar-refractivity contribution in [3.05, 3.63) is 61.5 Å². The van der Waals surface area contributed by atoms with Crippen molar-refractivity contribution < 1.29 is 9.90 Å². The summed E-state index contributed by atoms with van der Waals surface area (Å²) in [6, 6.07) is 7.21. The maximum atomic E-state index is 12.3. The SMILES string of the molecule is O=C(c1ccc(Cl)c(Cl)c1)c1ccc(O)c(Cl)c1Cl. The van der Waals surface area contributed by atoms with Crippen LogP contribution in [-0.2, 0) is 0 Å². The van der Waals surface area contributed by atoms with Crippen molar-refractivity contribution in [1.29, 1.82) is 0 Å². The molecule has 98 valence electrons. The third-order valence-corrected chi connectivity index (χ3v) is 4.10. The molecule has 0 spiro atoms. The topological polar surface area (TPSA) is 37.3 Å². The molecule has 0 saturated heterocycles. The summed E-state index contributed by atoms with van der Waals surface area (Å²) in [7, 11) is 0. The lowest BCUT2D eigenvalue weighted by Crippen LogP contribution is -2.02. The molecule has 0 aliphatic heterocycles. The van der Waals surface area contributed by atoms with Gasteiger partial charge in [-0.3, -0.25) is 4.79 Å². The molecule has 0 aliphatic carbocycles. The fraction of sp³-hybridized carbons (Fsp3) is 0. The van der Waals surface area contributed by atoms with Gasteiger partial charge in [0, 0.05) is 11.1 Å². The Hall–Kier alpha value is -0.930. The first-order valence-electron chi connectivity index (χ1n) is 5.08. The highest BCUT2D eigenvalue weighted by atomic mass is 35.5. The van der Waals surface area contributed by atoms with Crippen LogP contribution in [0.4, 0.5) is 0 Å². The summed E-state index contributed by atoms with van der Waals surface area (Å²) >= 11 is 23.4. The molecular weight excluding hydrogens is 330 g/mol. The number of hydrogen-bond donors (Lipinski definition) is 1. The number of ketones is 1. The zero-order chi connectivity index (χ0) is 14.2. The van der Waals surface area contributed by atoms with E-state index >= 15 is 0 Å². The first-order valence-corrected chi connectivity index (χ1v) is 6.59. The van der Waals surface area contributed by atoms with Crippen LogP contribution in [0, 0.1) is 0 Å². The molecule has 0 bridgehead atoms. The van der Waals surface area contributed by atoms with Crippen LogP contribution in [0.25, 0.3) is 0 Å². The van der Waals surface area contributed by atoms with Crippen LogP contribution in [0.5, 0.6) is 5.75 Å². The highest BCUT2D eigenvalue weighted by Gasteiger charge is 2.17. The minimum atomic E-state index is -0.356. The lowest BCUT2D eigenvalue weighted by molar-refractivity contribution is 0.103. The zero-order valence-electron chi connectivity index (χ0n) is 9.25. The van der Waals surface area contributed by atoms with Gasteiger partial charge in [0.1, 0.15) is 10.8 Å². The largest absolute Gasteiger partial charge is 0.506 e. The Kier molecular flexibility index (Phi) is 4.26. The summed E-state index contributed by atoms with van der Waals surface area (Å²) in [5.41, 5.74) is 0.515. The molecule has 1 N–H and O–H groups in total. The highest BCUT2D eigenvalue weighted by molar-refractivity contribution is 6.45. The quantitative estimate of drug-likeness (QED) is 0.762. The van der Waals surface area contributed by atoms with Crippen molar-refractivity contribution in [2.75, 3.05) is 0 Å². The van der Waals surface area contributed by atoms with Gasteiger partial charge in [-0.1, -0.05) is 46.4 Å². The van der Waals surface area contributed by atoms with E-state index in [4.69, 9.17) is 46.4 Å². The van der Waals surface area contributed by atoms with E-state index in [2.05, 4.69) is 0 Å². The number of carbonyl (C=O) groups is 1. The molecule has 6 heteroatoms. The Bertz CT molecular complexity index is 668. The Balaban J connectivity index is 2.50. The first kappa shape index (κ1) is 14.5. The fourth-order valence-electron chi connectivity index (χ4n) is 1.51. The standard InChI is InChI=1S/C13H6Cl4O2/c14-8-3-1-6(5-9(8)15)13(19)7-2-4-10(18)12(17)11(7)16/h1-5,18H. The molecule has 0 saturated carbocycles. The van der Waals surface area contributed by atoms with Crippen molar-refractivity contribution in [2.24, 2.45) is 0 Å². The second-order valence-corrected chi connectivity index (χ2v) is 5.29. The molecule has 0 unspecified atom stereocenters. The van der Waals surface area contributed by atoms with E-state index < -0.39 is 0 Å². The van der Waals surface area contributed by atoms with Crippen molar-refractivity contribution in [1.82, 2.24) is 0 Å². The molecule has 0 aromatic heterocycles. The third kappa shape index (κ3) is 2.82. The molecule has 2 rings (SSSR count). The number of rotatable bonds is 2. The molecule has 2 nitrogen and oxygen atoms in total. The third-order valence-electron chi connectivity index (χ3n) is 2.49. The van der Waals surface area contributed by atoms with E-state index in [1.54, 1.807) is 0 Å². The van der Waals surface area contributed by atoms with E-state index in [0.29, 0.717) is 10.6 Å². The van der Waals surface area contributed by atoms with Crippen molar-refractivity contribution in [3.8, 4) is 5.75 Å². The van der Waals surface area contributed by atoms with Crippen LogP contribution in [0.15, 0.2) is 30.3 Å². The predicted octanol–water partition coefficient (Wildman–Crippen LogP) is 5.24. The van der Waals surface area contributed by atoms with E-state index in [-0.39, 0.29) is 32.2 Å². The average molecular weight is 336 g/mol. The summed E-state index contributed by atoms with van der Waals surface area (Å²) in [4.78, 5) is 12.3. The molecule has 0 fully saturated rings. The van der Waals surface area contributed by atoms with Crippen LogP contribution in [0.3, 0.4) is 0 Å². The number of phenolic OH excluding ortho intramolecular Hbond substituents is 1. The van der Waals surface area contributed by atoms with E-state index in [1.807, 2.05) is 0 Å². The van der Waals surface area contributed by atoms with Gasteiger partial charge in [0.25, 0.3) is 0 Å². The summed E-state index contributed by atoms with van der Waals surface area (Å²) in [5, 5.41) is 9.95. The van der Waals surface area contributed by atoms with Crippen molar-refractivity contribution in [3.63, 3.8) is 0 Å². The van der Waals surface area contributed by atoms with Gasteiger partial charge < -0.3 is 5.11 Å². The Morgan fingerprint density at radius 3 is 2.21 bits per heavy atom. The number of phenols is 1. The summed E-state index contributed by atoms with van der Waals surface area (Å²) in [6.45, 7) is 0. The predicted molar refractivity (Wildman–Crippen MR) is 78.0 cm³/mol. The highest BCUT2D eigenvalue weighted by Crippen LogP contribution is 2.35. The summed E-state index contributed by atoms with van der Waals surface area (Å²) in [6.07, 6.45) is 0. The van der Waals surface area contributed by atoms with Gasteiger partial charge in [-0.15, -0.1) is 0 Å². The molecule has 19 heavy (non-hydrogen) atoms. The minimum absolute atomic E-state index is 0.00209. The lowest BCUT2D eigenvalue weighted by Gasteiger charge is -2.07. The Labute approximate surface area is 129 Å². The molecule has 0 amide bonds. The molecule has 0 aliphatic rings. The van der Waals surface area contributed by atoms with Gasteiger partial charge >= 0.3 is 0 Å². The maximum Gasteiger partial charge on any atom is 0.194 e. The van der Waals surface area contributed by atoms with Crippen LogP contribution in [-0.4, -0.2) is 10.9 Å². The number of carbonyl (C=O) groups excluding carboxylic acids is 1. The Morgan fingerprint density at radius 1 is 0.895 bits per heavy atom.